The van der Waals surface area contributed by atoms with Gasteiger partial charge in [-0.05, 0) is 66.2 Å². The third kappa shape index (κ3) is 5.78. The summed E-state index contributed by atoms with van der Waals surface area (Å²) in [4.78, 5) is 4.93. The van der Waals surface area contributed by atoms with Gasteiger partial charge in [0.25, 0.3) is 0 Å². The van der Waals surface area contributed by atoms with E-state index >= 15 is 0 Å². The van der Waals surface area contributed by atoms with Crippen LogP contribution < -0.4 is 5.32 Å². The van der Waals surface area contributed by atoms with E-state index in [4.69, 9.17) is 0 Å². The smallest absolute Gasteiger partial charge is 0.105 e. The zero-order valence-electron chi connectivity index (χ0n) is 13.8. The fourth-order valence-electron chi connectivity index (χ4n) is 2.83. The Balaban J connectivity index is 2.34. The molecule has 0 amide bonds. The van der Waals surface area contributed by atoms with E-state index in [-0.39, 0.29) is 0 Å². The lowest BCUT2D eigenvalue weighted by Crippen LogP contribution is -2.47. The summed E-state index contributed by atoms with van der Waals surface area (Å²) in [7, 11) is 2.18. The maximum absolute atomic E-state index is 9.41. The minimum absolute atomic E-state index is 0.405. The number of hydrogen-bond acceptors (Lipinski definition) is 4. The van der Waals surface area contributed by atoms with E-state index in [1.165, 1.54) is 25.9 Å². The number of likely N-dealkylation sites (tertiary alicyclic amines) is 1. The quantitative estimate of drug-likeness (QED) is 0.702. The van der Waals surface area contributed by atoms with Crippen LogP contribution in [-0.4, -0.2) is 61.2 Å². The summed E-state index contributed by atoms with van der Waals surface area (Å²) in [5.41, 5.74) is -0.405. The lowest BCUT2D eigenvalue weighted by Gasteiger charge is -2.32. The number of nitrogens with zero attached hydrogens (tertiary/aromatic N) is 3. The van der Waals surface area contributed by atoms with Crippen molar-refractivity contribution in [3.8, 4) is 6.07 Å². The van der Waals surface area contributed by atoms with Gasteiger partial charge in [0.15, 0.2) is 0 Å². The van der Waals surface area contributed by atoms with Crippen molar-refractivity contribution in [3.63, 3.8) is 0 Å². The van der Waals surface area contributed by atoms with Crippen LogP contribution in [0.3, 0.4) is 0 Å². The van der Waals surface area contributed by atoms with Gasteiger partial charge in [-0.2, -0.15) is 5.26 Å². The van der Waals surface area contributed by atoms with Crippen molar-refractivity contribution < 1.29 is 0 Å². The van der Waals surface area contributed by atoms with E-state index in [1.807, 2.05) is 6.92 Å². The second-order valence-electron chi connectivity index (χ2n) is 6.45. The van der Waals surface area contributed by atoms with Crippen LogP contribution in [0.25, 0.3) is 0 Å². The van der Waals surface area contributed by atoms with Crippen molar-refractivity contribution in [1.82, 2.24) is 15.1 Å². The zero-order chi connectivity index (χ0) is 15.0. The molecule has 20 heavy (non-hydrogen) atoms. The molecule has 4 nitrogen and oxygen atoms in total. The number of nitrogens with one attached hydrogen (secondary N) is 1. The van der Waals surface area contributed by atoms with Gasteiger partial charge in [-0.1, -0.05) is 6.92 Å². The van der Waals surface area contributed by atoms with Crippen molar-refractivity contribution in [2.45, 2.75) is 58.0 Å². The third-order valence-electron chi connectivity index (χ3n) is 4.44. The van der Waals surface area contributed by atoms with Crippen LogP contribution in [0.1, 0.15) is 46.5 Å². The molecular formula is C16H32N4. The highest BCUT2D eigenvalue weighted by atomic mass is 15.2. The molecule has 2 atom stereocenters. The zero-order valence-corrected chi connectivity index (χ0v) is 13.8. The largest absolute Gasteiger partial charge is 0.302 e. The standard InChI is InChI=1S/C16H32N4/c1-5-8-18-16(3,14-17)13-15(2)19(4)11-12-20-9-6-7-10-20/h15,18H,5-13H2,1-4H3. The van der Waals surface area contributed by atoms with E-state index in [0.717, 1.165) is 32.5 Å². The average Bonchev–Trinajstić information content (AvgIpc) is 2.95. The second-order valence-corrected chi connectivity index (χ2v) is 6.45. The third-order valence-corrected chi connectivity index (χ3v) is 4.44. The van der Waals surface area contributed by atoms with E-state index in [2.05, 4.69) is 42.1 Å². The molecule has 0 radical (unpaired) electrons. The monoisotopic (exact) mass is 280 g/mol. The fourth-order valence-corrected chi connectivity index (χ4v) is 2.83. The summed E-state index contributed by atoms with van der Waals surface area (Å²) in [6.07, 6.45) is 4.65. The normalized spacial score (nSPS) is 20.8. The van der Waals surface area contributed by atoms with Crippen molar-refractivity contribution >= 4 is 0 Å². The van der Waals surface area contributed by atoms with Gasteiger partial charge in [0.05, 0.1) is 6.07 Å². The van der Waals surface area contributed by atoms with Crippen molar-refractivity contribution in [3.05, 3.63) is 0 Å². The predicted octanol–water partition coefficient (Wildman–Crippen LogP) is 2.07. The molecule has 0 spiro atoms. The first-order chi connectivity index (χ1) is 9.50. The summed E-state index contributed by atoms with van der Waals surface area (Å²) in [6, 6.07) is 2.87. The molecular weight excluding hydrogens is 248 g/mol. The highest BCUT2D eigenvalue weighted by molar-refractivity contribution is 5.05. The van der Waals surface area contributed by atoms with Gasteiger partial charge in [0.1, 0.15) is 5.54 Å². The Labute approximate surface area is 125 Å². The van der Waals surface area contributed by atoms with Gasteiger partial charge < -0.3 is 9.80 Å². The molecule has 1 saturated heterocycles. The van der Waals surface area contributed by atoms with E-state index in [9.17, 15) is 5.26 Å². The Morgan fingerprint density at radius 1 is 1.40 bits per heavy atom. The van der Waals surface area contributed by atoms with Crippen LogP contribution in [0, 0.1) is 11.3 Å². The molecule has 4 heteroatoms. The van der Waals surface area contributed by atoms with Gasteiger partial charge in [-0.15, -0.1) is 0 Å². The molecule has 0 aromatic carbocycles. The van der Waals surface area contributed by atoms with Gasteiger partial charge in [0.2, 0.25) is 0 Å². The first-order valence-electron chi connectivity index (χ1n) is 8.09. The van der Waals surface area contributed by atoms with E-state index in [0.29, 0.717) is 6.04 Å². The van der Waals surface area contributed by atoms with Crippen molar-refractivity contribution in [2.75, 3.05) is 39.8 Å². The Hall–Kier alpha value is -0.630. The molecule has 0 saturated carbocycles. The molecule has 1 aliphatic rings. The van der Waals surface area contributed by atoms with E-state index in [1.54, 1.807) is 0 Å². The number of rotatable bonds is 9. The van der Waals surface area contributed by atoms with Crippen LogP contribution in [0.2, 0.25) is 0 Å². The Kier molecular flexibility index (Phi) is 7.50. The van der Waals surface area contributed by atoms with Crippen LogP contribution in [0.15, 0.2) is 0 Å². The summed E-state index contributed by atoms with van der Waals surface area (Å²) in [6.45, 7) is 12.1. The molecule has 0 aromatic rings. The van der Waals surface area contributed by atoms with Crippen LogP contribution in [0.4, 0.5) is 0 Å². The summed E-state index contributed by atoms with van der Waals surface area (Å²) in [5.74, 6) is 0. The highest BCUT2D eigenvalue weighted by Crippen LogP contribution is 2.15. The average molecular weight is 280 g/mol. The molecule has 1 fully saturated rings. The molecule has 1 heterocycles. The summed E-state index contributed by atoms with van der Waals surface area (Å²) >= 11 is 0. The molecule has 0 aliphatic carbocycles. The topological polar surface area (TPSA) is 42.3 Å². The van der Waals surface area contributed by atoms with Crippen LogP contribution in [0.5, 0.6) is 0 Å². The number of hydrogen-bond donors (Lipinski definition) is 1. The van der Waals surface area contributed by atoms with Gasteiger partial charge in [0, 0.05) is 19.1 Å². The first kappa shape index (κ1) is 17.4. The highest BCUT2D eigenvalue weighted by Gasteiger charge is 2.27. The molecule has 0 aromatic heterocycles. The minimum Gasteiger partial charge on any atom is -0.302 e. The SMILES string of the molecule is CCCNC(C)(C#N)CC(C)N(C)CCN1CCCC1. The second kappa shape index (κ2) is 8.61. The minimum atomic E-state index is -0.405. The predicted molar refractivity (Wildman–Crippen MR) is 84.7 cm³/mol. The Morgan fingerprint density at radius 3 is 2.60 bits per heavy atom. The number of likely N-dealkylation sites (N-methyl/N-ethyl adjacent to an activating group) is 1. The Bertz CT molecular complexity index is 306. The molecule has 1 rings (SSSR count). The Morgan fingerprint density at radius 2 is 2.05 bits per heavy atom. The molecule has 2 unspecified atom stereocenters. The van der Waals surface area contributed by atoms with Crippen molar-refractivity contribution in [2.24, 2.45) is 0 Å². The molecule has 116 valence electrons. The lowest BCUT2D eigenvalue weighted by molar-refractivity contribution is 0.187. The van der Waals surface area contributed by atoms with Gasteiger partial charge in [-0.25, -0.2) is 0 Å². The summed E-state index contributed by atoms with van der Waals surface area (Å²) in [5, 5.41) is 12.8. The number of nitriles is 1. The van der Waals surface area contributed by atoms with Gasteiger partial charge in [-0.3, -0.25) is 5.32 Å². The van der Waals surface area contributed by atoms with Crippen LogP contribution in [-0.2, 0) is 0 Å². The van der Waals surface area contributed by atoms with E-state index < -0.39 is 5.54 Å². The molecule has 1 N–H and O–H groups in total. The van der Waals surface area contributed by atoms with Gasteiger partial charge >= 0.3 is 0 Å². The van der Waals surface area contributed by atoms with Crippen molar-refractivity contribution in [1.29, 1.82) is 5.26 Å². The van der Waals surface area contributed by atoms with Crippen LogP contribution >= 0.6 is 0 Å². The molecule has 0 bridgehead atoms. The first-order valence-corrected chi connectivity index (χ1v) is 8.09. The molecule has 1 aliphatic heterocycles. The lowest BCUT2D eigenvalue weighted by atomic mass is 9.94. The maximum atomic E-state index is 9.41. The fraction of sp³-hybridized carbons (Fsp3) is 0.938. The maximum Gasteiger partial charge on any atom is 0.105 e. The summed E-state index contributed by atoms with van der Waals surface area (Å²) < 4.78 is 0.